The lowest BCUT2D eigenvalue weighted by Gasteiger charge is -2.27. The molecule has 0 aromatic carbocycles. The Kier molecular flexibility index (Phi) is 4.20. The quantitative estimate of drug-likeness (QED) is 0.581. The van der Waals surface area contributed by atoms with Gasteiger partial charge in [0.2, 0.25) is 5.76 Å². The Labute approximate surface area is 101 Å². The van der Waals surface area contributed by atoms with Crippen LogP contribution in [0, 0.1) is 0 Å². The molecule has 1 aliphatic heterocycles. The number of nitrogens with zero attached hydrogens (tertiary/aromatic N) is 1. The maximum atomic E-state index is 12.3. The Balaban J connectivity index is 2.92. The lowest BCUT2D eigenvalue weighted by molar-refractivity contribution is -0.128. The molecule has 1 saturated heterocycles. The number of allylic oxidation sites excluding steroid dienone is 1. The number of amides is 1. The van der Waals surface area contributed by atoms with Crippen molar-refractivity contribution in [2.75, 3.05) is 19.7 Å². The summed E-state index contributed by atoms with van der Waals surface area (Å²) in [5.41, 5.74) is -0.804. The first kappa shape index (κ1) is 14.3. The molecule has 1 heterocycles. The standard InChI is InChI=1S/C10H12F3NO4/c1-2-18-9(17)14-4-3-7(15)6(5-14)8(16)10(11,12)13/h16H,2-5H2,1H3/b8-6+. The first-order chi connectivity index (χ1) is 8.27. The van der Waals surface area contributed by atoms with E-state index in [2.05, 4.69) is 4.74 Å². The molecule has 18 heavy (non-hydrogen) atoms. The molecule has 0 unspecified atom stereocenters. The van der Waals surface area contributed by atoms with Crippen LogP contribution in [0.2, 0.25) is 0 Å². The predicted octanol–water partition coefficient (Wildman–Crippen LogP) is 1.79. The van der Waals surface area contributed by atoms with Crippen LogP contribution in [0.15, 0.2) is 11.3 Å². The van der Waals surface area contributed by atoms with Gasteiger partial charge in [0.15, 0.2) is 5.78 Å². The normalized spacial score (nSPS) is 19.8. The number of aliphatic hydroxyl groups excluding tert-OH is 1. The average molecular weight is 267 g/mol. The number of Topliss-reactive ketones (excluding diaryl/α,β-unsaturated/α-hetero) is 1. The van der Waals surface area contributed by atoms with Crippen molar-refractivity contribution in [3.05, 3.63) is 11.3 Å². The van der Waals surface area contributed by atoms with Crippen LogP contribution < -0.4 is 0 Å². The fourth-order valence-corrected chi connectivity index (χ4v) is 1.49. The van der Waals surface area contributed by atoms with E-state index in [1.165, 1.54) is 0 Å². The minimum atomic E-state index is -5.00. The molecule has 1 rings (SSSR count). The summed E-state index contributed by atoms with van der Waals surface area (Å²) >= 11 is 0. The SMILES string of the molecule is CCOC(=O)N1CCC(=O)/C(=C(/O)C(F)(F)F)C1. The van der Waals surface area contributed by atoms with Gasteiger partial charge in [0.1, 0.15) is 0 Å². The summed E-state index contributed by atoms with van der Waals surface area (Å²) in [7, 11) is 0. The zero-order valence-electron chi connectivity index (χ0n) is 9.58. The number of carbonyl (C=O) groups is 2. The third kappa shape index (κ3) is 3.14. The van der Waals surface area contributed by atoms with Crippen molar-refractivity contribution in [3.63, 3.8) is 0 Å². The van der Waals surface area contributed by atoms with Crippen molar-refractivity contribution in [3.8, 4) is 0 Å². The molecule has 0 aromatic heterocycles. The van der Waals surface area contributed by atoms with Gasteiger partial charge in [-0.15, -0.1) is 0 Å². The minimum absolute atomic E-state index is 0.0215. The highest BCUT2D eigenvalue weighted by Crippen LogP contribution is 2.28. The summed E-state index contributed by atoms with van der Waals surface area (Å²) < 4.78 is 41.5. The van der Waals surface area contributed by atoms with Gasteiger partial charge in [-0.2, -0.15) is 13.2 Å². The molecule has 1 amide bonds. The number of aliphatic hydroxyl groups is 1. The van der Waals surface area contributed by atoms with Gasteiger partial charge in [0, 0.05) is 13.0 Å². The Morgan fingerprint density at radius 1 is 1.50 bits per heavy atom. The largest absolute Gasteiger partial charge is 0.504 e. The van der Waals surface area contributed by atoms with E-state index in [4.69, 9.17) is 5.11 Å². The Morgan fingerprint density at radius 2 is 2.11 bits per heavy atom. The molecule has 0 saturated carbocycles. The van der Waals surface area contributed by atoms with E-state index in [0.29, 0.717) is 0 Å². The highest BCUT2D eigenvalue weighted by atomic mass is 19.4. The number of hydrogen-bond acceptors (Lipinski definition) is 4. The highest BCUT2D eigenvalue weighted by molar-refractivity contribution is 5.98. The summed E-state index contributed by atoms with van der Waals surface area (Å²) in [5, 5.41) is 8.97. The predicted molar refractivity (Wildman–Crippen MR) is 53.9 cm³/mol. The Morgan fingerprint density at radius 3 is 2.61 bits per heavy atom. The van der Waals surface area contributed by atoms with Gasteiger partial charge < -0.3 is 14.7 Å². The molecule has 0 radical (unpaired) electrons. The van der Waals surface area contributed by atoms with Gasteiger partial charge in [-0.25, -0.2) is 4.79 Å². The minimum Gasteiger partial charge on any atom is -0.504 e. The van der Waals surface area contributed by atoms with Gasteiger partial charge in [-0.1, -0.05) is 0 Å². The zero-order chi connectivity index (χ0) is 13.9. The van der Waals surface area contributed by atoms with Crippen LogP contribution in [0.1, 0.15) is 13.3 Å². The molecular weight excluding hydrogens is 255 g/mol. The third-order valence-corrected chi connectivity index (χ3v) is 2.37. The number of halogens is 3. The number of ketones is 1. The topological polar surface area (TPSA) is 66.8 Å². The molecule has 0 spiro atoms. The second-order valence-corrected chi connectivity index (χ2v) is 3.62. The van der Waals surface area contributed by atoms with E-state index in [1.54, 1.807) is 6.92 Å². The lowest BCUT2D eigenvalue weighted by Crippen LogP contribution is -2.41. The fraction of sp³-hybridized carbons (Fsp3) is 0.600. The van der Waals surface area contributed by atoms with Crippen LogP contribution in [0.4, 0.5) is 18.0 Å². The molecular formula is C10H12F3NO4. The van der Waals surface area contributed by atoms with E-state index in [9.17, 15) is 22.8 Å². The molecule has 102 valence electrons. The van der Waals surface area contributed by atoms with E-state index in [-0.39, 0.29) is 19.6 Å². The van der Waals surface area contributed by atoms with Crippen molar-refractivity contribution in [1.82, 2.24) is 4.90 Å². The number of carbonyl (C=O) groups excluding carboxylic acids is 2. The van der Waals surface area contributed by atoms with Gasteiger partial charge in [0.05, 0.1) is 18.7 Å². The fourth-order valence-electron chi connectivity index (χ4n) is 1.49. The number of piperidine rings is 1. The highest BCUT2D eigenvalue weighted by Gasteiger charge is 2.40. The molecule has 0 aliphatic carbocycles. The summed E-state index contributed by atoms with van der Waals surface area (Å²) in [6, 6.07) is 0. The Bertz CT molecular complexity index is 389. The summed E-state index contributed by atoms with van der Waals surface area (Å²) in [5.74, 6) is -2.76. The molecule has 1 fully saturated rings. The number of alkyl halides is 3. The molecule has 0 aromatic rings. The third-order valence-electron chi connectivity index (χ3n) is 2.37. The van der Waals surface area contributed by atoms with Crippen LogP contribution >= 0.6 is 0 Å². The molecule has 1 N–H and O–H groups in total. The Hall–Kier alpha value is -1.73. The van der Waals surface area contributed by atoms with Gasteiger partial charge >= 0.3 is 12.3 Å². The van der Waals surface area contributed by atoms with Crippen molar-refractivity contribution in [2.24, 2.45) is 0 Å². The van der Waals surface area contributed by atoms with Crippen molar-refractivity contribution < 1.29 is 32.6 Å². The molecule has 0 bridgehead atoms. The number of hydrogen-bond donors (Lipinski definition) is 1. The van der Waals surface area contributed by atoms with Crippen molar-refractivity contribution in [1.29, 1.82) is 0 Å². The van der Waals surface area contributed by atoms with Gasteiger partial charge in [-0.05, 0) is 6.92 Å². The summed E-state index contributed by atoms with van der Waals surface area (Å²) in [6.07, 6.45) is -6.07. The van der Waals surface area contributed by atoms with Crippen LogP contribution in [0.25, 0.3) is 0 Å². The second kappa shape index (κ2) is 5.28. The first-order valence-electron chi connectivity index (χ1n) is 5.21. The zero-order valence-corrected chi connectivity index (χ0v) is 9.58. The van der Waals surface area contributed by atoms with E-state index >= 15 is 0 Å². The average Bonchev–Trinajstić information content (AvgIpc) is 2.27. The lowest BCUT2D eigenvalue weighted by atomic mass is 10.0. The van der Waals surface area contributed by atoms with E-state index in [1.807, 2.05) is 0 Å². The van der Waals surface area contributed by atoms with Crippen LogP contribution in [0.5, 0.6) is 0 Å². The molecule has 8 heteroatoms. The van der Waals surface area contributed by atoms with Crippen LogP contribution in [0.3, 0.4) is 0 Å². The van der Waals surface area contributed by atoms with Crippen LogP contribution in [-0.4, -0.2) is 47.8 Å². The molecule has 5 nitrogen and oxygen atoms in total. The summed E-state index contributed by atoms with van der Waals surface area (Å²) in [6.45, 7) is 1.01. The maximum absolute atomic E-state index is 12.3. The van der Waals surface area contributed by atoms with Crippen molar-refractivity contribution >= 4 is 11.9 Å². The van der Waals surface area contributed by atoms with Gasteiger partial charge in [-0.3, -0.25) is 4.79 Å². The summed E-state index contributed by atoms with van der Waals surface area (Å²) in [4.78, 5) is 23.6. The molecule has 1 aliphatic rings. The maximum Gasteiger partial charge on any atom is 0.449 e. The smallest absolute Gasteiger partial charge is 0.449 e. The number of rotatable bonds is 1. The molecule has 0 atom stereocenters. The van der Waals surface area contributed by atoms with E-state index < -0.39 is 35.9 Å². The first-order valence-corrected chi connectivity index (χ1v) is 5.21. The van der Waals surface area contributed by atoms with Crippen molar-refractivity contribution in [2.45, 2.75) is 19.5 Å². The van der Waals surface area contributed by atoms with Gasteiger partial charge in [0.25, 0.3) is 0 Å². The number of ether oxygens (including phenoxy) is 1. The second-order valence-electron chi connectivity index (χ2n) is 3.62. The van der Waals surface area contributed by atoms with E-state index in [0.717, 1.165) is 4.90 Å². The van der Waals surface area contributed by atoms with Crippen LogP contribution in [-0.2, 0) is 9.53 Å². The monoisotopic (exact) mass is 267 g/mol. The number of likely N-dealkylation sites (tertiary alicyclic amines) is 1.